The van der Waals surface area contributed by atoms with Gasteiger partial charge in [0.15, 0.2) is 11.5 Å². The molecule has 0 saturated heterocycles. The third kappa shape index (κ3) is 1.41. The first-order valence-corrected chi connectivity index (χ1v) is 5.84. The second kappa shape index (κ2) is 3.70. The number of aromatic nitrogens is 3. The number of pyridine rings is 1. The Morgan fingerprint density at radius 1 is 1.31 bits per heavy atom. The van der Waals surface area contributed by atoms with Crippen molar-refractivity contribution in [2.24, 2.45) is 5.73 Å². The maximum absolute atomic E-state index is 5.59. The van der Waals surface area contributed by atoms with Crippen molar-refractivity contribution in [1.82, 2.24) is 14.6 Å². The lowest BCUT2D eigenvalue weighted by atomic mass is 10.2. The number of fused-ring (bicyclic) bond motifs is 1. The highest BCUT2D eigenvalue weighted by atomic mass is 32.1. The van der Waals surface area contributed by atoms with Crippen molar-refractivity contribution >= 4 is 17.0 Å². The molecule has 0 saturated carbocycles. The molecule has 0 aliphatic rings. The second-order valence-electron chi connectivity index (χ2n) is 3.47. The highest BCUT2D eigenvalue weighted by molar-refractivity contribution is 7.13. The SMILES string of the molecule is NCc1ccn2c(-c3cccs3)nnc2c1. The van der Waals surface area contributed by atoms with E-state index < -0.39 is 0 Å². The van der Waals surface area contributed by atoms with Crippen LogP contribution in [0, 0.1) is 0 Å². The predicted molar refractivity (Wildman–Crippen MR) is 64.2 cm³/mol. The second-order valence-corrected chi connectivity index (χ2v) is 4.42. The summed E-state index contributed by atoms with van der Waals surface area (Å²) in [5.41, 5.74) is 7.49. The summed E-state index contributed by atoms with van der Waals surface area (Å²) in [6, 6.07) is 8.00. The third-order valence-corrected chi connectivity index (χ3v) is 3.32. The Hall–Kier alpha value is -1.72. The molecule has 0 fully saturated rings. The van der Waals surface area contributed by atoms with Crippen molar-refractivity contribution in [1.29, 1.82) is 0 Å². The van der Waals surface area contributed by atoms with Gasteiger partial charge in [-0.2, -0.15) is 0 Å². The van der Waals surface area contributed by atoms with Crippen molar-refractivity contribution in [2.45, 2.75) is 6.54 Å². The van der Waals surface area contributed by atoms with Crippen LogP contribution in [0.15, 0.2) is 35.8 Å². The fourth-order valence-corrected chi connectivity index (χ4v) is 2.34. The molecule has 0 atom stereocenters. The Morgan fingerprint density at radius 2 is 2.25 bits per heavy atom. The van der Waals surface area contributed by atoms with Crippen LogP contribution in [0.3, 0.4) is 0 Å². The summed E-state index contributed by atoms with van der Waals surface area (Å²) in [5, 5.41) is 10.4. The van der Waals surface area contributed by atoms with Crippen LogP contribution in [-0.2, 0) is 6.54 Å². The number of hydrogen-bond acceptors (Lipinski definition) is 4. The molecule has 0 bridgehead atoms. The van der Waals surface area contributed by atoms with E-state index in [1.165, 1.54) is 0 Å². The van der Waals surface area contributed by atoms with Crippen LogP contribution in [0.25, 0.3) is 16.3 Å². The van der Waals surface area contributed by atoms with Crippen LogP contribution < -0.4 is 5.73 Å². The Balaban J connectivity index is 2.21. The highest BCUT2D eigenvalue weighted by Gasteiger charge is 2.08. The van der Waals surface area contributed by atoms with E-state index in [2.05, 4.69) is 10.2 Å². The van der Waals surface area contributed by atoms with Crippen LogP contribution in [0.2, 0.25) is 0 Å². The summed E-state index contributed by atoms with van der Waals surface area (Å²) in [6.07, 6.45) is 1.96. The molecule has 0 amide bonds. The Bertz CT molecular complexity index is 612. The fourth-order valence-electron chi connectivity index (χ4n) is 1.63. The normalized spacial score (nSPS) is 11.1. The van der Waals surface area contributed by atoms with Gasteiger partial charge in [0.1, 0.15) is 0 Å². The van der Waals surface area contributed by atoms with Crippen LogP contribution in [0.1, 0.15) is 5.56 Å². The molecule has 4 nitrogen and oxygen atoms in total. The van der Waals surface area contributed by atoms with E-state index >= 15 is 0 Å². The summed E-state index contributed by atoms with van der Waals surface area (Å²) in [5.74, 6) is 0.883. The summed E-state index contributed by atoms with van der Waals surface area (Å²) >= 11 is 1.66. The Labute approximate surface area is 96.4 Å². The number of hydrogen-bond donors (Lipinski definition) is 1. The number of rotatable bonds is 2. The molecule has 0 aromatic carbocycles. The summed E-state index contributed by atoms with van der Waals surface area (Å²) in [4.78, 5) is 1.12. The van der Waals surface area contributed by atoms with Gasteiger partial charge in [0.05, 0.1) is 4.88 Å². The van der Waals surface area contributed by atoms with Gasteiger partial charge in [0, 0.05) is 12.7 Å². The topological polar surface area (TPSA) is 56.2 Å². The van der Waals surface area contributed by atoms with E-state index in [1.54, 1.807) is 11.3 Å². The first-order valence-electron chi connectivity index (χ1n) is 4.96. The van der Waals surface area contributed by atoms with Gasteiger partial charge >= 0.3 is 0 Å². The van der Waals surface area contributed by atoms with Crippen LogP contribution >= 0.6 is 11.3 Å². The zero-order valence-electron chi connectivity index (χ0n) is 8.50. The minimum Gasteiger partial charge on any atom is -0.326 e. The zero-order chi connectivity index (χ0) is 11.0. The van der Waals surface area contributed by atoms with Gasteiger partial charge in [-0.3, -0.25) is 4.40 Å². The molecule has 0 spiro atoms. The minimum atomic E-state index is 0.525. The summed E-state index contributed by atoms with van der Waals surface area (Å²) < 4.78 is 1.98. The first kappa shape index (κ1) is 9.50. The van der Waals surface area contributed by atoms with E-state index in [-0.39, 0.29) is 0 Å². The smallest absolute Gasteiger partial charge is 0.178 e. The van der Waals surface area contributed by atoms with Gasteiger partial charge in [0.25, 0.3) is 0 Å². The Kier molecular flexibility index (Phi) is 2.19. The molecule has 5 heteroatoms. The number of thiophene rings is 1. The lowest BCUT2D eigenvalue weighted by molar-refractivity contribution is 1.05. The molecule has 16 heavy (non-hydrogen) atoms. The van der Waals surface area contributed by atoms with Crippen LogP contribution in [0.4, 0.5) is 0 Å². The van der Waals surface area contributed by atoms with E-state index in [9.17, 15) is 0 Å². The molecule has 3 heterocycles. The average Bonchev–Trinajstić information content (AvgIpc) is 2.96. The van der Waals surface area contributed by atoms with Gasteiger partial charge in [-0.1, -0.05) is 6.07 Å². The molecule has 3 rings (SSSR count). The molecule has 0 unspecified atom stereocenters. The van der Waals surface area contributed by atoms with E-state index in [1.807, 2.05) is 40.2 Å². The molecular weight excluding hydrogens is 220 g/mol. The predicted octanol–water partition coefficient (Wildman–Crippen LogP) is 1.92. The molecule has 2 N–H and O–H groups in total. The van der Waals surface area contributed by atoms with Crippen molar-refractivity contribution in [3.63, 3.8) is 0 Å². The molecule has 3 aromatic heterocycles. The van der Waals surface area contributed by atoms with Crippen molar-refractivity contribution in [2.75, 3.05) is 0 Å². The highest BCUT2D eigenvalue weighted by Crippen LogP contribution is 2.23. The molecule has 3 aromatic rings. The summed E-state index contributed by atoms with van der Waals surface area (Å²) in [6.45, 7) is 0.525. The van der Waals surface area contributed by atoms with E-state index in [0.29, 0.717) is 6.54 Å². The van der Waals surface area contributed by atoms with Gasteiger partial charge in [-0.15, -0.1) is 21.5 Å². The lowest BCUT2D eigenvalue weighted by Crippen LogP contribution is -1.97. The minimum absolute atomic E-state index is 0.525. The van der Waals surface area contributed by atoms with Gasteiger partial charge in [-0.05, 0) is 29.1 Å². The third-order valence-electron chi connectivity index (χ3n) is 2.45. The standard InChI is InChI=1S/C11H10N4S/c12-7-8-3-4-15-10(6-8)13-14-11(15)9-2-1-5-16-9/h1-6H,7,12H2. The van der Waals surface area contributed by atoms with Gasteiger partial charge in [-0.25, -0.2) is 0 Å². The van der Waals surface area contributed by atoms with Crippen molar-refractivity contribution in [3.8, 4) is 10.7 Å². The monoisotopic (exact) mass is 230 g/mol. The summed E-state index contributed by atoms with van der Waals surface area (Å²) in [7, 11) is 0. The maximum Gasteiger partial charge on any atom is 0.178 e. The fraction of sp³-hybridized carbons (Fsp3) is 0.0909. The Morgan fingerprint density at radius 3 is 3.00 bits per heavy atom. The molecule has 0 aliphatic carbocycles. The maximum atomic E-state index is 5.59. The van der Waals surface area contributed by atoms with Gasteiger partial charge < -0.3 is 5.73 Å². The van der Waals surface area contributed by atoms with E-state index in [4.69, 9.17) is 5.73 Å². The van der Waals surface area contributed by atoms with Crippen LogP contribution in [0.5, 0.6) is 0 Å². The molecule has 80 valence electrons. The zero-order valence-corrected chi connectivity index (χ0v) is 9.31. The molecular formula is C11H10N4S. The number of nitrogens with zero attached hydrogens (tertiary/aromatic N) is 3. The first-order chi connectivity index (χ1) is 7.88. The van der Waals surface area contributed by atoms with E-state index in [0.717, 1.165) is 21.9 Å². The lowest BCUT2D eigenvalue weighted by Gasteiger charge is -1.99. The number of nitrogens with two attached hydrogens (primary N) is 1. The van der Waals surface area contributed by atoms with Crippen molar-refractivity contribution in [3.05, 3.63) is 41.4 Å². The molecule has 0 aliphatic heterocycles. The average molecular weight is 230 g/mol. The van der Waals surface area contributed by atoms with Crippen LogP contribution in [-0.4, -0.2) is 14.6 Å². The largest absolute Gasteiger partial charge is 0.326 e. The van der Waals surface area contributed by atoms with Crippen molar-refractivity contribution < 1.29 is 0 Å². The van der Waals surface area contributed by atoms with Gasteiger partial charge in [0.2, 0.25) is 0 Å². The quantitative estimate of drug-likeness (QED) is 0.731. The molecule has 0 radical (unpaired) electrons.